The molecule has 0 fully saturated rings. The lowest BCUT2D eigenvalue weighted by atomic mass is 10.0. The zero-order valence-electron chi connectivity index (χ0n) is 57.2. The van der Waals surface area contributed by atoms with Crippen molar-refractivity contribution in [3.63, 3.8) is 0 Å². The van der Waals surface area contributed by atoms with E-state index < -0.39 is 48.0 Å². The van der Waals surface area contributed by atoms with Crippen molar-refractivity contribution in [2.24, 2.45) is 0 Å². The molecule has 0 aliphatic carbocycles. The normalized spacial score (nSPS) is 11.8. The van der Waals surface area contributed by atoms with Crippen LogP contribution in [0.3, 0.4) is 0 Å². The van der Waals surface area contributed by atoms with Crippen LogP contribution in [-0.4, -0.2) is 118 Å². The van der Waals surface area contributed by atoms with Crippen LogP contribution in [0, 0.1) is 0 Å². The van der Waals surface area contributed by atoms with Gasteiger partial charge in [-0.3, -0.25) is 47.9 Å². The molecule has 0 N–H and O–H groups in total. The van der Waals surface area contributed by atoms with E-state index in [1.54, 1.807) is 0 Å². The van der Waals surface area contributed by atoms with Gasteiger partial charge in [0.1, 0.15) is 32.2 Å². The molecule has 0 heterocycles. The number of hydrogen-bond acceptors (Lipinski definition) is 19. The highest BCUT2D eigenvalue weighted by Crippen LogP contribution is 2.17. The smallest absolute Gasteiger partial charge is 0.306 e. The van der Waals surface area contributed by atoms with Gasteiger partial charge in [-0.1, -0.05) is 162 Å². The maximum atomic E-state index is 12.9. The molecule has 0 saturated heterocycles. The standard InChI is InChI=1S/C72H124O19/c1-5-9-13-14-15-21-32-43-61(73)44-33-22-16-23-37-48-67(77)86-57-62(90-71(81)52-41-30-19-25-35-46-65(75)84-55-11-7-3)58-88-69(79)50-39-28-18-29-40-51-70(80)89-60-63(91-72(82)53-42-31-20-26-36-47-66(76)85-56-12-8-4)59-87-68(78)49-38-27-17-24-34-45-64(74)83-54-10-6-2/h13-14,62-63H,5-12,15-60H2,1-4H3/b14-13+. The molecule has 0 radical (unpaired) electrons. The Morgan fingerprint density at radius 3 is 0.714 bits per heavy atom. The number of rotatable bonds is 66. The van der Waals surface area contributed by atoms with Gasteiger partial charge >= 0.3 is 53.7 Å². The molecule has 0 aliphatic heterocycles. The highest BCUT2D eigenvalue weighted by Gasteiger charge is 2.22. The molecular formula is C72H124O19. The number of allylic oxidation sites excluding steroid dienone is 2. The van der Waals surface area contributed by atoms with Gasteiger partial charge in [-0.25, -0.2) is 0 Å². The summed E-state index contributed by atoms with van der Waals surface area (Å²) in [4.78, 5) is 125. The Morgan fingerprint density at radius 2 is 0.451 bits per heavy atom. The average molecular weight is 1290 g/mol. The van der Waals surface area contributed by atoms with E-state index in [1.165, 1.54) is 0 Å². The minimum Gasteiger partial charge on any atom is -0.466 e. The SMILES string of the molecule is CCC/C=C/CCCCC(=O)CCCCCCCC(=O)OCC(COC(=O)CCCCCCCC(=O)OCC(COC(=O)CCCCCCCC(=O)OCCCC)OC(=O)CCCCCCCC(=O)OCCCC)OC(=O)CCCCCCCC(=O)OCCCC. The maximum Gasteiger partial charge on any atom is 0.306 e. The Hall–Kier alpha value is -5.36. The molecule has 526 valence electrons. The van der Waals surface area contributed by atoms with Crippen LogP contribution in [0.1, 0.15) is 329 Å². The number of Topliss-reactive ketones (excluding diaryl/α,β-unsaturated/α-hetero) is 1. The van der Waals surface area contributed by atoms with E-state index in [0.717, 1.165) is 173 Å². The largest absolute Gasteiger partial charge is 0.466 e. The fraction of sp³-hybridized carbons (Fsp3) is 0.833. The zero-order chi connectivity index (χ0) is 66.9. The van der Waals surface area contributed by atoms with Gasteiger partial charge < -0.3 is 42.6 Å². The maximum absolute atomic E-state index is 12.9. The van der Waals surface area contributed by atoms with Gasteiger partial charge in [0.2, 0.25) is 0 Å². The second-order valence-corrected chi connectivity index (χ2v) is 24.1. The highest BCUT2D eigenvalue weighted by molar-refractivity contribution is 5.78. The van der Waals surface area contributed by atoms with E-state index in [-0.39, 0.29) is 82.9 Å². The number of ether oxygens (including phenoxy) is 9. The van der Waals surface area contributed by atoms with Gasteiger partial charge in [0.05, 0.1) is 19.8 Å². The second-order valence-electron chi connectivity index (χ2n) is 24.1. The molecule has 19 nitrogen and oxygen atoms in total. The molecule has 0 aromatic rings. The Bertz CT molecular complexity index is 1920. The van der Waals surface area contributed by atoms with Crippen LogP contribution in [0.15, 0.2) is 12.2 Å². The van der Waals surface area contributed by atoms with Crippen molar-refractivity contribution in [2.45, 2.75) is 342 Å². The first-order chi connectivity index (χ1) is 44.2. The number of carbonyl (C=O) groups excluding carboxylic acids is 10. The second kappa shape index (κ2) is 64.7. The molecule has 0 aromatic heterocycles. The summed E-state index contributed by atoms with van der Waals surface area (Å²) < 4.78 is 48.9. The van der Waals surface area contributed by atoms with Crippen molar-refractivity contribution < 1.29 is 90.6 Å². The number of carbonyl (C=O) groups is 10. The molecule has 91 heavy (non-hydrogen) atoms. The van der Waals surface area contributed by atoms with E-state index in [1.807, 2.05) is 20.8 Å². The fourth-order valence-corrected chi connectivity index (χ4v) is 9.47. The highest BCUT2D eigenvalue weighted by atomic mass is 16.6. The summed E-state index contributed by atoms with van der Waals surface area (Å²) in [5, 5.41) is 0. The lowest BCUT2D eigenvalue weighted by Gasteiger charge is -2.18. The van der Waals surface area contributed by atoms with Crippen molar-refractivity contribution in [3.05, 3.63) is 12.2 Å². The molecule has 0 spiro atoms. The van der Waals surface area contributed by atoms with Crippen molar-refractivity contribution in [1.82, 2.24) is 0 Å². The van der Waals surface area contributed by atoms with E-state index in [4.69, 9.17) is 42.6 Å². The third-order valence-corrected chi connectivity index (χ3v) is 15.2. The topological polar surface area (TPSA) is 254 Å². The van der Waals surface area contributed by atoms with Crippen LogP contribution in [0.4, 0.5) is 0 Å². The molecule has 0 aliphatic rings. The van der Waals surface area contributed by atoms with E-state index in [2.05, 4.69) is 19.1 Å². The zero-order valence-corrected chi connectivity index (χ0v) is 57.2. The predicted octanol–water partition coefficient (Wildman–Crippen LogP) is 16.2. The van der Waals surface area contributed by atoms with Crippen LogP contribution >= 0.6 is 0 Å². The van der Waals surface area contributed by atoms with Crippen LogP contribution < -0.4 is 0 Å². The molecule has 2 unspecified atom stereocenters. The van der Waals surface area contributed by atoms with Gasteiger partial charge in [0, 0.05) is 70.6 Å². The predicted molar refractivity (Wildman–Crippen MR) is 350 cm³/mol. The minimum atomic E-state index is -0.983. The molecule has 0 saturated carbocycles. The van der Waals surface area contributed by atoms with E-state index >= 15 is 0 Å². The molecular weight excluding hydrogens is 1170 g/mol. The number of unbranched alkanes of at least 4 members (excludes halogenated alkanes) is 26. The van der Waals surface area contributed by atoms with Crippen LogP contribution in [-0.2, 0) is 90.6 Å². The Kier molecular flexibility index (Phi) is 60.9. The van der Waals surface area contributed by atoms with Crippen LogP contribution in [0.25, 0.3) is 0 Å². The quantitative estimate of drug-likeness (QED) is 0.0237. The lowest BCUT2D eigenvalue weighted by molar-refractivity contribution is -0.167. The Morgan fingerprint density at radius 1 is 0.231 bits per heavy atom. The Balaban J connectivity index is 4.98. The molecule has 0 bridgehead atoms. The van der Waals surface area contributed by atoms with Crippen molar-refractivity contribution in [1.29, 1.82) is 0 Å². The van der Waals surface area contributed by atoms with Crippen molar-refractivity contribution >= 4 is 59.5 Å². The summed E-state index contributed by atoms with van der Waals surface area (Å²) in [6, 6.07) is 0. The fourth-order valence-electron chi connectivity index (χ4n) is 9.47. The van der Waals surface area contributed by atoms with E-state index in [9.17, 15) is 47.9 Å². The number of ketones is 1. The van der Waals surface area contributed by atoms with Crippen LogP contribution in [0.2, 0.25) is 0 Å². The molecule has 0 rings (SSSR count). The number of hydrogen-bond donors (Lipinski definition) is 0. The number of esters is 9. The summed E-state index contributed by atoms with van der Waals surface area (Å²) >= 11 is 0. The van der Waals surface area contributed by atoms with Crippen molar-refractivity contribution in [3.8, 4) is 0 Å². The average Bonchev–Trinajstić information content (AvgIpc) is 3.67. The first-order valence-electron chi connectivity index (χ1n) is 35.9. The summed E-state index contributed by atoms with van der Waals surface area (Å²) in [6.45, 7) is 8.55. The molecule has 2 atom stereocenters. The minimum absolute atomic E-state index is 0.113. The van der Waals surface area contributed by atoms with Gasteiger partial charge in [0.25, 0.3) is 0 Å². The molecule has 0 amide bonds. The summed E-state index contributed by atoms with van der Waals surface area (Å²) in [5.74, 6) is -3.10. The van der Waals surface area contributed by atoms with E-state index in [0.29, 0.717) is 115 Å². The summed E-state index contributed by atoms with van der Waals surface area (Å²) in [5.41, 5.74) is 0. The monoisotopic (exact) mass is 1290 g/mol. The third-order valence-electron chi connectivity index (χ3n) is 15.2. The van der Waals surface area contributed by atoms with Gasteiger partial charge in [-0.05, 0) is 109 Å². The third kappa shape index (κ3) is 61.9. The lowest BCUT2D eigenvalue weighted by Crippen LogP contribution is -2.30. The first-order valence-corrected chi connectivity index (χ1v) is 35.9. The first kappa shape index (κ1) is 85.6. The van der Waals surface area contributed by atoms with Crippen LogP contribution in [0.5, 0.6) is 0 Å². The van der Waals surface area contributed by atoms with Gasteiger partial charge in [-0.15, -0.1) is 0 Å². The Labute approximate surface area is 548 Å². The molecule has 0 aromatic carbocycles. The van der Waals surface area contributed by atoms with Gasteiger partial charge in [-0.2, -0.15) is 0 Å². The van der Waals surface area contributed by atoms with Gasteiger partial charge in [0.15, 0.2) is 12.2 Å². The van der Waals surface area contributed by atoms with Crippen molar-refractivity contribution in [2.75, 3.05) is 46.2 Å². The summed E-state index contributed by atoms with van der Waals surface area (Å²) in [7, 11) is 0. The summed E-state index contributed by atoms with van der Waals surface area (Å²) in [6.07, 6.45) is 34.8. The molecule has 19 heteroatoms.